The number of carbonyl (C=O) groups is 4. The lowest BCUT2D eigenvalue weighted by atomic mass is 9.82. The zero-order valence-corrected chi connectivity index (χ0v) is 22.7. The third-order valence-corrected chi connectivity index (χ3v) is 7.09. The number of carboxylic acid groups (broad SMARTS) is 1. The maximum atomic E-state index is 13.8. The molecule has 0 radical (unpaired) electrons. The van der Waals surface area contributed by atoms with Crippen LogP contribution in [-0.2, 0) is 14.3 Å². The molecule has 2 heterocycles. The largest absolute Gasteiger partial charge is 0.490 e. The number of esters is 1. The topological polar surface area (TPSA) is 116 Å². The molecule has 13 heteroatoms. The SMILES string of the molecule is CCOC(=O)CN1CCC(Nc2ccc3c4c2C(=O)N(c2cccc(Cl)c2)C(C=C3)C4=O)CC1.O=C(O)C(F)(F)F. The minimum Gasteiger partial charge on any atom is -0.475 e. The van der Waals surface area contributed by atoms with Gasteiger partial charge in [-0.05, 0) is 49.6 Å². The van der Waals surface area contributed by atoms with E-state index in [4.69, 9.17) is 26.2 Å². The number of piperidine rings is 1. The molecule has 3 aliphatic rings. The summed E-state index contributed by atoms with van der Waals surface area (Å²) in [6.07, 6.45) is 0.239. The molecule has 2 aromatic carbocycles. The molecule has 41 heavy (non-hydrogen) atoms. The van der Waals surface area contributed by atoms with Crippen LogP contribution >= 0.6 is 11.6 Å². The number of rotatable bonds is 6. The van der Waals surface area contributed by atoms with Crippen molar-refractivity contribution >= 4 is 52.7 Å². The number of benzene rings is 2. The summed E-state index contributed by atoms with van der Waals surface area (Å²) in [7, 11) is 0. The number of Topliss-reactive ketones (excluding diaryl/α,β-unsaturated/α-hetero) is 1. The number of carboxylic acids is 1. The van der Waals surface area contributed by atoms with Crippen molar-refractivity contribution in [2.24, 2.45) is 0 Å². The van der Waals surface area contributed by atoms with E-state index in [9.17, 15) is 27.6 Å². The number of fused-ring (bicyclic) bond motifs is 1. The maximum absolute atomic E-state index is 13.8. The number of hydrogen-bond donors (Lipinski definition) is 2. The second-order valence-electron chi connectivity index (χ2n) is 9.58. The first-order chi connectivity index (χ1) is 19.4. The molecule has 1 amide bonds. The van der Waals surface area contributed by atoms with Gasteiger partial charge in [-0.15, -0.1) is 0 Å². The van der Waals surface area contributed by atoms with Gasteiger partial charge in [0.1, 0.15) is 6.04 Å². The maximum Gasteiger partial charge on any atom is 0.490 e. The molecular formula is C28H27ClF3N3O6. The quantitative estimate of drug-likeness (QED) is 0.465. The highest BCUT2D eigenvalue weighted by Gasteiger charge is 2.43. The highest BCUT2D eigenvalue weighted by atomic mass is 35.5. The number of likely N-dealkylation sites (tertiary alicyclic amines) is 1. The minimum absolute atomic E-state index is 0.0834. The number of amides is 1. The van der Waals surface area contributed by atoms with Crippen molar-refractivity contribution in [3.63, 3.8) is 0 Å². The Morgan fingerprint density at radius 2 is 1.80 bits per heavy atom. The number of ketones is 1. The number of alkyl halides is 3. The molecule has 2 aliphatic heterocycles. The van der Waals surface area contributed by atoms with Crippen molar-refractivity contribution in [1.82, 2.24) is 4.90 Å². The fraction of sp³-hybridized carbons (Fsp3) is 0.357. The Kier molecular flexibility index (Phi) is 9.03. The molecule has 9 nitrogen and oxygen atoms in total. The van der Waals surface area contributed by atoms with Gasteiger partial charge >= 0.3 is 18.1 Å². The monoisotopic (exact) mass is 593 g/mol. The van der Waals surface area contributed by atoms with Crippen molar-refractivity contribution in [3.05, 3.63) is 64.2 Å². The van der Waals surface area contributed by atoms with Crippen LogP contribution in [0.15, 0.2) is 42.5 Å². The number of nitrogens with one attached hydrogen (secondary N) is 1. The first-order valence-electron chi connectivity index (χ1n) is 12.8. The molecule has 2 aromatic rings. The molecule has 1 saturated heterocycles. The van der Waals surface area contributed by atoms with Crippen molar-refractivity contribution in [3.8, 4) is 0 Å². The number of hydrogen-bond acceptors (Lipinski definition) is 7. The summed E-state index contributed by atoms with van der Waals surface area (Å²) in [5.74, 6) is -3.26. The summed E-state index contributed by atoms with van der Waals surface area (Å²) in [4.78, 5) is 51.4. The third kappa shape index (κ3) is 6.71. The molecule has 0 saturated carbocycles. The molecule has 5 rings (SSSR count). The molecule has 2 bridgehead atoms. The normalized spacial score (nSPS) is 18.5. The van der Waals surface area contributed by atoms with Gasteiger partial charge in [0.2, 0.25) is 0 Å². The predicted octanol–water partition coefficient (Wildman–Crippen LogP) is 4.65. The van der Waals surface area contributed by atoms with E-state index in [1.54, 1.807) is 37.3 Å². The van der Waals surface area contributed by atoms with Crippen LogP contribution in [0.3, 0.4) is 0 Å². The smallest absolute Gasteiger partial charge is 0.475 e. The number of carbonyl (C=O) groups excluding carboxylic acids is 3. The minimum atomic E-state index is -5.08. The highest BCUT2D eigenvalue weighted by molar-refractivity contribution is 6.31. The first-order valence-corrected chi connectivity index (χ1v) is 13.2. The zero-order chi connectivity index (χ0) is 29.9. The average molecular weight is 594 g/mol. The Balaban J connectivity index is 0.000000493. The fourth-order valence-electron chi connectivity index (χ4n) is 4.99. The van der Waals surface area contributed by atoms with Crippen molar-refractivity contribution in [1.29, 1.82) is 0 Å². The Morgan fingerprint density at radius 1 is 1.12 bits per heavy atom. The summed E-state index contributed by atoms with van der Waals surface area (Å²) in [6, 6.07) is 10.2. The summed E-state index contributed by atoms with van der Waals surface area (Å²) in [5.41, 5.74) is 2.93. The van der Waals surface area contributed by atoms with E-state index < -0.39 is 18.2 Å². The van der Waals surface area contributed by atoms with Crippen LogP contribution in [-0.4, -0.2) is 78.1 Å². The first kappa shape index (κ1) is 30.1. The Bertz CT molecular complexity index is 1390. The van der Waals surface area contributed by atoms with Crippen LogP contribution < -0.4 is 10.2 Å². The van der Waals surface area contributed by atoms with Crippen molar-refractivity contribution in [2.45, 2.75) is 38.0 Å². The van der Waals surface area contributed by atoms with Gasteiger partial charge in [0.25, 0.3) is 5.91 Å². The Labute approximate surface area is 238 Å². The molecule has 0 aromatic heterocycles. The number of halogens is 4. The molecule has 2 N–H and O–H groups in total. The van der Waals surface area contributed by atoms with E-state index in [-0.39, 0.29) is 23.7 Å². The highest BCUT2D eigenvalue weighted by Crippen LogP contribution is 2.39. The number of anilines is 2. The van der Waals surface area contributed by atoms with E-state index in [0.29, 0.717) is 40.7 Å². The van der Waals surface area contributed by atoms with Gasteiger partial charge in [-0.3, -0.25) is 24.2 Å². The molecule has 1 atom stereocenters. The molecule has 1 aliphatic carbocycles. The number of nitrogens with zero attached hydrogens (tertiary/aromatic N) is 2. The van der Waals surface area contributed by atoms with Crippen LogP contribution in [0.25, 0.3) is 6.08 Å². The fourth-order valence-corrected chi connectivity index (χ4v) is 5.18. The third-order valence-electron chi connectivity index (χ3n) is 6.86. The van der Waals surface area contributed by atoms with E-state index in [1.807, 2.05) is 18.2 Å². The Morgan fingerprint density at radius 3 is 2.41 bits per heavy atom. The van der Waals surface area contributed by atoms with Gasteiger partial charge in [0.15, 0.2) is 5.78 Å². The zero-order valence-electron chi connectivity index (χ0n) is 21.9. The average Bonchev–Trinajstić information content (AvgIpc) is 2.90. The lowest BCUT2D eigenvalue weighted by Gasteiger charge is -2.38. The number of aliphatic carboxylic acids is 1. The van der Waals surface area contributed by atoms with Gasteiger partial charge < -0.3 is 15.2 Å². The van der Waals surface area contributed by atoms with Gasteiger partial charge in [-0.2, -0.15) is 13.2 Å². The standard InChI is InChI=1S/C26H26ClN3O4.C2HF3O2/c1-2-34-22(31)15-29-12-10-18(11-13-29)28-20-8-6-16-7-9-21-25(32)23(16)24(20)26(33)30(21)19-5-3-4-17(27)14-19;3-2(4,5)1(6)7/h3-9,14,18,21,28H,2,10-13,15H2,1H3;(H,6,7). The van der Waals surface area contributed by atoms with Gasteiger partial charge in [-0.25, -0.2) is 4.79 Å². The van der Waals surface area contributed by atoms with Crippen LogP contribution in [0.2, 0.25) is 5.02 Å². The summed E-state index contributed by atoms with van der Waals surface area (Å²) < 4.78 is 36.8. The summed E-state index contributed by atoms with van der Waals surface area (Å²) in [6.45, 7) is 3.98. The molecule has 218 valence electrons. The lowest BCUT2D eigenvalue weighted by molar-refractivity contribution is -0.192. The predicted molar refractivity (Wildman–Crippen MR) is 145 cm³/mol. The van der Waals surface area contributed by atoms with E-state index >= 15 is 0 Å². The van der Waals surface area contributed by atoms with Gasteiger partial charge in [-0.1, -0.05) is 35.9 Å². The van der Waals surface area contributed by atoms with Crippen LogP contribution in [0.1, 0.15) is 46.0 Å². The summed E-state index contributed by atoms with van der Waals surface area (Å²) in [5, 5.41) is 11.1. The van der Waals surface area contributed by atoms with Crippen LogP contribution in [0.5, 0.6) is 0 Å². The Hall–Kier alpha value is -3.90. The van der Waals surface area contributed by atoms with Gasteiger partial charge in [0, 0.05) is 41.1 Å². The summed E-state index contributed by atoms with van der Waals surface area (Å²) >= 11 is 6.19. The van der Waals surface area contributed by atoms with Crippen molar-refractivity contribution in [2.75, 3.05) is 36.5 Å². The second kappa shape index (κ2) is 12.3. The second-order valence-corrected chi connectivity index (χ2v) is 10.0. The molecule has 1 unspecified atom stereocenters. The molecule has 1 fully saturated rings. The number of ether oxygens (including phenoxy) is 1. The lowest BCUT2D eigenvalue weighted by Crippen LogP contribution is -2.51. The van der Waals surface area contributed by atoms with E-state index in [0.717, 1.165) is 31.5 Å². The molecular weight excluding hydrogens is 567 g/mol. The van der Waals surface area contributed by atoms with Gasteiger partial charge in [0.05, 0.1) is 18.7 Å². The van der Waals surface area contributed by atoms with Crippen LogP contribution in [0, 0.1) is 0 Å². The van der Waals surface area contributed by atoms with E-state index in [2.05, 4.69) is 10.2 Å². The molecule has 0 spiro atoms. The van der Waals surface area contributed by atoms with Crippen LogP contribution in [0.4, 0.5) is 24.5 Å². The van der Waals surface area contributed by atoms with Crippen molar-refractivity contribution < 1.29 is 42.2 Å². The van der Waals surface area contributed by atoms with E-state index in [1.165, 1.54) is 4.90 Å².